The largest absolute Gasteiger partial charge is 0.310 e. The molecule has 0 spiro atoms. The molecule has 4 heteroatoms. The number of aromatic nitrogens is 2. The van der Waals surface area contributed by atoms with Crippen molar-refractivity contribution in [3.8, 4) is 0 Å². The average molecular weight is 261 g/mol. The van der Waals surface area contributed by atoms with E-state index >= 15 is 0 Å². The van der Waals surface area contributed by atoms with Gasteiger partial charge >= 0.3 is 0 Å². The summed E-state index contributed by atoms with van der Waals surface area (Å²) >= 11 is 0. The smallest absolute Gasteiger partial charge is 0.123 e. The van der Waals surface area contributed by atoms with Crippen LogP contribution >= 0.6 is 0 Å². The number of hydrogen-bond acceptors (Lipinski definition) is 2. The lowest BCUT2D eigenvalue weighted by molar-refractivity contribution is 0.521. The zero-order valence-corrected chi connectivity index (χ0v) is 11.4. The number of rotatable bonds is 6. The number of benzene rings is 1. The molecule has 0 saturated heterocycles. The molecule has 0 fully saturated rings. The van der Waals surface area contributed by atoms with Gasteiger partial charge in [0.25, 0.3) is 0 Å². The van der Waals surface area contributed by atoms with Gasteiger partial charge in [0, 0.05) is 19.3 Å². The van der Waals surface area contributed by atoms with E-state index in [1.54, 1.807) is 0 Å². The van der Waals surface area contributed by atoms with E-state index in [-0.39, 0.29) is 11.9 Å². The third-order valence-electron chi connectivity index (χ3n) is 3.24. The van der Waals surface area contributed by atoms with Crippen LogP contribution in [0.1, 0.15) is 30.5 Å². The zero-order valence-electron chi connectivity index (χ0n) is 11.4. The molecule has 0 aliphatic rings. The summed E-state index contributed by atoms with van der Waals surface area (Å²) in [6.07, 6.45) is 5.85. The molecule has 1 aromatic carbocycles. The van der Waals surface area contributed by atoms with Crippen LogP contribution in [0, 0.1) is 5.82 Å². The monoisotopic (exact) mass is 261 g/mol. The van der Waals surface area contributed by atoms with Crippen LogP contribution < -0.4 is 5.32 Å². The second-order valence-electron chi connectivity index (χ2n) is 4.74. The van der Waals surface area contributed by atoms with E-state index in [1.807, 2.05) is 36.3 Å². The SMILES string of the molecule is CCC(NCCc1cnn(C)c1)c1ccc(F)cc1. The van der Waals surface area contributed by atoms with Gasteiger partial charge in [-0.2, -0.15) is 5.10 Å². The second-order valence-corrected chi connectivity index (χ2v) is 4.74. The maximum Gasteiger partial charge on any atom is 0.123 e. The number of nitrogens with zero attached hydrogens (tertiary/aromatic N) is 2. The fourth-order valence-electron chi connectivity index (χ4n) is 2.18. The fourth-order valence-corrected chi connectivity index (χ4v) is 2.18. The van der Waals surface area contributed by atoms with E-state index in [9.17, 15) is 4.39 Å². The first-order valence-electron chi connectivity index (χ1n) is 6.65. The van der Waals surface area contributed by atoms with Crippen LogP contribution in [-0.2, 0) is 13.5 Å². The molecule has 1 unspecified atom stereocenters. The summed E-state index contributed by atoms with van der Waals surface area (Å²) in [5.74, 6) is -0.186. The lowest BCUT2D eigenvalue weighted by atomic mass is 10.0. The molecule has 1 aromatic heterocycles. The van der Waals surface area contributed by atoms with Crippen molar-refractivity contribution in [3.63, 3.8) is 0 Å². The standard InChI is InChI=1S/C15H20FN3/c1-3-15(13-4-6-14(16)7-5-13)17-9-8-12-10-18-19(2)11-12/h4-7,10-11,15,17H,3,8-9H2,1-2H3. The first kappa shape index (κ1) is 13.7. The highest BCUT2D eigenvalue weighted by Crippen LogP contribution is 2.16. The van der Waals surface area contributed by atoms with Crippen LogP contribution in [0.5, 0.6) is 0 Å². The highest BCUT2D eigenvalue weighted by Gasteiger charge is 2.08. The Kier molecular flexibility index (Phi) is 4.68. The van der Waals surface area contributed by atoms with Gasteiger partial charge in [-0.05, 0) is 42.6 Å². The highest BCUT2D eigenvalue weighted by molar-refractivity contribution is 5.19. The Morgan fingerprint density at radius 2 is 2.05 bits per heavy atom. The van der Waals surface area contributed by atoms with Gasteiger partial charge in [-0.1, -0.05) is 19.1 Å². The molecule has 3 nitrogen and oxygen atoms in total. The van der Waals surface area contributed by atoms with Gasteiger partial charge in [-0.25, -0.2) is 4.39 Å². The highest BCUT2D eigenvalue weighted by atomic mass is 19.1. The van der Waals surface area contributed by atoms with Gasteiger partial charge in [0.05, 0.1) is 6.20 Å². The Bertz CT molecular complexity index is 504. The molecule has 0 aliphatic carbocycles. The molecular formula is C15H20FN3. The topological polar surface area (TPSA) is 29.9 Å². The lowest BCUT2D eigenvalue weighted by Gasteiger charge is -2.17. The van der Waals surface area contributed by atoms with Crippen molar-refractivity contribution in [2.24, 2.45) is 7.05 Å². The minimum absolute atomic E-state index is 0.186. The Morgan fingerprint density at radius 1 is 1.32 bits per heavy atom. The van der Waals surface area contributed by atoms with Crippen LogP contribution in [0.3, 0.4) is 0 Å². The number of halogens is 1. The maximum absolute atomic E-state index is 12.9. The number of nitrogens with one attached hydrogen (secondary N) is 1. The molecule has 1 atom stereocenters. The van der Waals surface area contributed by atoms with Gasteiger partial charge in [0.1, 0.15) is 5.82 Å². The first-order valence-corrected chi connectivity index (χ1v) is 6.65. The summed E-state index contributed by atoms with van der Waals surface area (Å²) in [6, 6.07) is 7.00. The molecule has 0 saturated carbocycles. The summed E-state index contributed by atoms with van der Waals surface area (Å²) in [4.78, 5) is 0. The molecular weight excluding hydrogens is 241 g/mol. The molecule has 0 aliphatic heterocycles. The molecule has 19 heavy (non-hydrogen) atoms. The van der Waals surface area contributed by atoms with Crippen molar-refractivity contribution in [3.05, 3.63) is 53.6 Å². The third kappa shape index (κ3) is 3.89. The quantitative estimate of drug-likeness (QED) is 0.866. The Hall–Kier alpha value is -1.68. The van der Waals surface area contributed by atoms with Crippen LogP contribution in [0.15, 0.2) is 36.7 Å². The fraction of sp³-hybridized carbons (Fsp3) is 0.400. The normalized spacial score (nSPS) is 12.6. The zero-order chi connectivity index (χ0) is 13.7. The molecule has 102 valence electrons. The van der Waals surface area contributed by atoms with Crippen molar-refractivity contribution in [2.45, 2.75) is 25.8 Å². The van der Waals surface area contributed by atoms with Crippen molar-refractivity contribution in [1.29, 1.82) is 0 Å². The van der Waals surface area contributed by atoms with E-state index < -0.39 is 0 Å². The molecule has 1 N–H and O–H groups in total. The van der Waals surface area contributed by atoms with E-state index in [4.69, 9.17) is 0 Å². The lowest BCUT2D eigenvalue weighted by Crippen LogP contribution is -2.23. The van der Waals surface area contributed by atoms with Crippen LogP contribution in [0.2, 0.25) is 0 Å². The summed E-state index contributed by atoms with van der Waals surface area (Å²) in [6.45, 7) is 3.02. The van der Waals surface area contributed by atoms with Crippen molar-refractivity contribution >= 4 is 0 Å². The number of hydrogen-bond donors (Lipinski definition) is 1. The van der Waals surface area contributed by atoms with Gasteiger partial charge in [0.2, 0.25) is 0 Å². The van der Waals surface area contributed by atoms with Gasteiger partial charge in [0.15, 0.2) is 0 Å². The molecule has 2 rings (SSSR count). The maximum atomic E-state index is 12.9. The van der Waals surface area contributed by atoms with Crippen LogP contribution in [0.25, 0.3) is 0 Å². The first-order chi connectivity index (χ1) is 9.19. The molecule has 0 bridgehead atoms. The minimum Gasteiger partial charge on any atom is -0.310 e. The van der Waals surface area contributed by atoms with Crippen molar-refractivity contribution in [2.75, 3.05) is 6.54 Å². The van der Waals surface area contributed by atoms with E-state index in [0.717, 1.165) is 24.9 Å². The van der Waals surface area contributed by atoms with Crippen LogP contribution in [-0.4, -0.2) is 16.3 Å². The predicted octanol–water partition coefficient (Wildman–Crippen LogP) is 2.84. The van der Waals surface area contributed by atoms with E-state index in [0.29, 0.717) is 0 Å². The second kappa shape index (κ2) is 6.48. The van der Waals surface area contributed by atoms with Crippen LogP contribution in [0.4, 0.5) is 4.39 Å². The summed E-state index contributed by atoms with van der Waals surface area (Å²) in [5, 5.41) is 7.65. The summed E-state index contributed by atoms with van der Waals surface area (Å²) < 4.78 is 14.7. The molecule has 1 heterocycles. The molecule has 0 radical (unpaired) electrons. The predicted molar refractivity (Wildman–Crippen MR) is 74.3 cm³/mol. The van der Waals surface area contributed by atoms with E-state index in [1.165, 1.54) is 17.7 Å². The Morgan fingerprint density at radius 3 is 2.63 bits per heavy atom. The Balaban J connectivity index is 1.87. The van der Waals surface area contributed by atoms with Crippen molar-refractivity contribution in [1.82, 2.24) is 15.1 Å². The number of aryl methyl sites for hydroxylation is 1. The minimum atomic E-state index is -0.186. The van der Waals surface area contributed by atoms with Gasteiger partial charge in [-0.15, -0.1) is 0 Å². The third-order valence-corrected chi connectivity index (χ3v) is 3.24. The summed E-state index contributed by atoms with van der Waals surface area (Å²) in [5.41, 5.74) is 2.36. The molecule has 0 amide bonds. The van der Waals surface area contributed by atoms with Gasteiger partial charge < -0.3 is 5.32 Å². The van der Waals surface area contributed by atoms with Crippen molar-refractivity contribution < 1.29 is 4.39 Å². The van der Waals surface area contributed by atoms with Gasteiger partial charge in [-0.3, -0.25) is 4.68 Å². The average Bonchev–Trinajstić information content (AvgIpc) is 2.82. The van der Waals surface area contributed by atoms with E-state index in [2.05, 4.69) is 17.3 Å². The molecule has 2 aromatic rings. The summed E-state index contributed by atoms with van der Waals surface area (Å²) in [7, 11) is 1.92. The Labute approximate surface area is 113 Å².